The summed E-state index contributed by atoms with van der Waals surface area (Å²) in [7, 11) is 1.85. The average molecular weight is 266 g/mol. The molecule has 1 amide bonds. The summed E-state index contributed by atoms with van der Waals surface area (Å²) in [5.74, 6) is 0.472. The van der Waals surface area contributed by atoms with E-state index in [4.69, 9.17) is 5.73 Å². The van der Waals surface area contributed by atoms with Crippen LogP contribution in [0.15, 0.2) is 6.20 Å². The summed E-state index contributed by atoms with van der Waals surface area (Å²) in [6, 6.07) is 0.208. The van der Waals surface area contributed by atoms with Gasteiger partial charge in [0, 0.05) is 25.3 Å². The zero-order valence-corrected chi connectivity index (χ0v) is 12.7. The first-order valence-electron chi connectivity index (χ1n) is 6.89. The van der Waals surface area contributed by atoms with Crippen LogP contribution in [0.1, 0.15) is 43.2 Å². The minimum atomic E-state index is 0.0395. The molecule has 0 bridgehead atoms. The van der Waals surface area contributed by atoms with E-state index in [1.54, 1.807) is 11.1 Å². The molecule has 0 saturated carbocycles. The van der Waals surface area contributed by atoms with Gasteiger partial charge in [0.05, 0.1) is 11.8 Å². The highest BCUT2D eigenvalue weighted by Crippen LogP contribution is 2.15. The quantitative estimate of drug-likeness (QED) is 0.851. The topological polar surface area (TPSA) is 64.2 Å². The summed E-state index contributed by atoms with van der Waals surface area (Å²) in [6.07, 6.45) is 2.53. The van der Waals surface area contributed by atoms with E-state index in [1.165, 1.54) is 0 Å². The lowest BCUT2D eigenvalue weighted by molar-refractivity contribution is 0.0706. The second kappa shape index (κ2) is 6.70. The molecule has 1 rings (SSSR count). The van der Waals surface area contributed by atoms with Crippen molar-refractivity contribution in [2.24, 2.45) is 11.7 Å². The standard InChI is InChI=1S/C14H26N4O/c1-10(2)11(3)17(5)14(19)13-9-16-18(12(13)4)8-6-7-15/h9-11H,6-8,15H2,1-5H3. The van der Waals surface area contributed by atoms with E-state index in [-0.39, 0.29) is 11.9 Å². The fraction of sp³-hybridized carbons (Fsp3) is 0.714. The molecule has 0 aliphatic heterocycles. The first kappa shape index (κ1) is 15.7. The van der Waals surface area contributed by atoms with Crippen molar-refractivity contribution in [1.29, 1.82) is 0 Å². The highest BCUT2D eigenvalue weighted by molar-refractivity contribution is 5.95. The number of carbonyl (C=O) groups excluding carboxylic acids is 1. The van der Waals surface area contributed by atoms with Gasteiger partial charge in [-0.2, -0.15) is 5.10 Å². The van der Waals surface area contributed by atoms with Gasteiger partial charge < -0.3 is 10.6 Å². The van der Waals surface area contributed by atoms with Crippen LogP contribution in [0, 0.1) is 12.8 Å². The molecule has 0 aliphatic rings. The average Bonchev–Trinajstić information content (AvgIpc) is 2.74. The Bertz CT molecular complexity index is 425. The Morgan fingerprint density at radius 3 is 2.63 bits per heavy atom. The molecule has 19 heavy (non-hydrogen) atoms. The molecule has 2 N–H and O–H groups in total. The Morgan fingerprint density at radius 1 is 1.47 bits per heavy atom. The van der Waals surface area contributed by atoms with Gasteiger partial charge in [0.25, 0.3) is 5.91 Å². The van der Waals surface area contributed by atoms with E-state index in [0.29, 0.717) is 18.0 Å². The maximum atomic E-state index is 12.4. The Morgan fingerprint density at radius 2 is 2.11 bits per heavy atom. The third kappa shape index (κ3) is 3.56. The van der Waals surface area contributed by atoms with Gasteiger partial charge in [-0.1, -0.05) is 13.8 Å². The number of nitrogens with zero attached hydrogens (tertiary/aromatic N) is 3. The van der Waals surface area contributed by atoms with Crippen molar-refractivity contribution >= 4 is 5.91 Å². The van der Waals surface area contributed by atoms with Crippen LogP contribution < -0.4 is 5.73 Å². The van der Waals surface area contributed by atoms with Crippen LogP contribution in [-0.2, 0) is 6.54 Å². The normalized spacial score (nSPS) is 12.8. The molecule has 1 heterocycles. The van der Waals surface area contributed by atoms with Crippen molar-refractivity contribution in [2.75, 3.05) is 13.6 Å². The summed E-state index contributed by atoms with van der Waals surface area (Å²) < 4.78 is 1.86. The van der Waals surface area contributed by atoms with E-state index < -0.39 is 0 Å². The Balaban J connectivity index is 2.85. The predicted octanol–water partition coefficient (Wildman–Crippen LogP) is 1.66. The molecule has 5 heteroatoms. The lowest BCUT2D eigenvalue weighted by atomic mass is 10.0. The first-order valence-corrected chi connectivity index (χ1v) is 6.89. The highest BCUT2D eigenvalue weighted by atomic mass is 16.2. The smallest absolute Gasteiger partial charge is 0.257 e. The zero-order valence-electron chi connectivity index (χ0n) is 12.7. The maximum absolute atomic E-state index is 12.4. The van der Waals surface area contributed by atoms with Crippen LogP contribution in [0.25, 0.3) is 0 Å². The molecule has 0 radical (unpaired) electrons. The second-order valence-corrected chi connectivity index (χ2v) is 5.41. The van der Waals surface area contributed by atoms with Gasteiger partial charge in [-0.15, -0.1) is 0 Å². The lowest BCUT2D eigenvalue weighted by Gasteiger charge is -2.27. The minimum absolute atomic E-state index is 0.0395. The SMILES string of the molecule is Cc1c(C(=O)N(C)C(C)C(C)C)cnn1CCCN. The number of nitrogens with two attached hydrogens (primary N) is 1. The summed E-state index contributed by atoms with van der Waals surface area (Å²) in [4.78, 5) is 14.2. The van der Waals surface area contributed by atoms with Gasteiger partial charge in [0.1, 0.15) is 0 Å². The molecular weight excluding hydrogens is 240 g/mol. The summed E-state index contributed by atoms with van der Waals surface area (Å²) in [5, 5.41) is 4.27. The lowest BCUT2D eigenvalue weighted by Crippen LogP contribution is -2.38. The van der Waals surface area contributed by atoms with Gasteiger partial charge in [0.15, 0.2) is 0 Å². The number of hydrogen-bond donors (Lipinski definition) is 1. The minimum Gasteiger partial charge on any atom is -0.339 e. The first-order chi connectivity index (χ1) is 8.90. The van der Waals surface area contributed by atoms with Gasteiger partial charge in [0.2, 0.25) is 0 Å². The third-order valence-electron chi connectivity index (χ3n) is 3.80. The predicted molar refractivity (Wildman–Crippen MR) is 77.0 cm³/mol. The number of rotatable bonds is 6. The van der Waals surface area contributed by atoms with Crippen LogP contribution in [-0.4, -0.2) is 40.2 Å². The molecule has 1 unspecified atom stereocenters. The number of hydrogen-bond acceptors (Lipinski definition) is 3. The fourth-order valence-electron chi connectivity index (χ4n) is 1.95. The largest absolute Gasteiger partial charge is 0.339 e. The molecule has 0 aliphatic carbocycles. The number of carbonyl (C=O) groups is 1. The van der Waals surface area contributed by atoms with Gasteiger partial charge in [-0.25, -0.2) is 0 Å². The summed E-state index contributed by atoms with van der Waals surface area (Å²) in [5.41, 5.74) is 7.10. The Labute approximate surface area is 115 Å². The fourth-order valence-corrected chi connectivity index (χ4v) is 1.95. The van der Waals surface area contributed by atoms with Crippen molar-refractivity contribution in [1.82, 2.24) is 14.7 Å². The van der Waals surface area contributed by atoms with Crippen molar-refractivity contribution in [2.45, 2.75) is 46.7 Å². The number of aromatic nitrogens is 2. The van der Waals surface area contributed by atoms with Gasteiger partial charge in [-0.3, -0.25) is 9.48 Å². The molecule has 0 aromatic carbocycles. The van der Waals surface area contributed by atoms with E-state index >= 15 is 0 Å². The van der Waals surface area contributed by atoms with Crippen molar-refractivity contribution in [3.05, 3.63) is 17.5 Å². The number of amides is 1. The number of aryl methyl sites for hydroxylation is 1. The third-order valence-corrected chi connectivity index (χ3v) is 3.80. The van der Waals surface area contributed by atoms with E-state index in [2.05, 4.69) is 25.9 Å². The van der Waals surface area contributed by atoms with E-state index in [0.717, 1.165) is 18.7 Å². The van der Waals surface area contributed by atoms with Gasteiger partial charge in [-0.05, 0) is 32.7 Å². The molecule has 1 aromatic rings. The maximum Gasteiger partial charge on any atom is 0.257 e. The summed E-state index contributed by atoms with van der Waals surface area (Å²) >= 11 is 0. The van der Waals surface area contributed by atoms with Crippen molar-refractivity contribution in [3.8, 4) is 0 Å². The molecule has 0 spiro atoms. The molecule has 5 nitrogen and oxygen atoms in total. The Hall–Kier alpha value is -1.36. The Kier molecular flexibility index (Phi) is 5.54. The van der Waals surface area contributed by atoms with E-state index in [9.17, 15) is 4.79 Å². The monoisotopic (exact) mass is 266 g/mol. The van der Waals surface area contributed by atoms with Crippen molar-refractivity contribution in [3.63, 3.8) is 0 Å². The van der Waals surface area contributed by atoms with Crippen LogP contribution in [0.5, 0.6) is 0 Å². The van der Waals surface area contributed by atoms with Crippen LogP contribution in [0.2, 0.25) is 0 Å². The van der Waals surface area contributed by atoms with Crippen LogP contribution >= 0.6 is 0 Å². The van der Waals surface area contributed by atoms with Gasteiger partial charge >= 0.3 is 0 Å². The van der Waals surface area contributed by atoms with Crippen LogP contribution in [0.3, 0.4) is 0 Å². The van der Waals surface area contributed by atoms with E-state index in [1.807, 2.05) is 18.7 Å². The molecule has 0 fully saturated rings. The highest BCUT2D eigenvalue weighted by Gasteiger charge is 2.23. The zero-order chi connectivity index (χ0) is 14.6. The summed E-state index contributed by atoms with van der Waals surface area (Å²) in [6.45, 7) is 9.63. The molecule has 108 valence electrons. The molecule has 1 aromatic heterocycles. The second-order valence-electron chi connectivity index (χ2n) is 5.41. The molecule has 1 atom stereocenters. The molecular formula is C14H26N4O. The van der Waals surface area contributed by atoms with Crippen LogP contribution in [0.4, 0.5) is 0 Å². The van der Waals surface area contributed by atoms with Crippen molar-refractivity contribution < 1.29 is 4.79 Å². The molecule has 0 saturated heterocycles.